The number of nitrogens with zero attached hydrogens (tertiary/aromatic N) is 1. The molecule has 0 saturated carbocycles. The first kappa shape index (κ1) is 14.1. The van der Waals surface area contributed by atoms with E-state index < -0.39 is 4.84 Å². The van der Waals surface area contributed by atoms with Crippen molar-refractivity contribution in [1.29, 1.82) is 0 Å². The third-order valence-electron chi connectivity index (χ3n) is 2.06. The predicted octanol–water partition coefficient (Wildman–Crippen LogP) is 3.22. The van der Waals surface area contributed by atoms with E-state index in [1.807, 2.05) is 0 Å². The summed E-state index contributed by atoms with van der Waals surface area (Å²) in [5, 5.41) is 0. The number of amides is 1. The van der Waals surface area contributed by atoms with E-state index in [4.69, 9.17) is 23.2 Å². The summed E-state index contributed by atoms with van der Waals surface area (Å²) >= 11 is 11.1. The molecule has 0 aromatic heterocycles. The zero-order chi connectivity index (χ0) is 11.0. The van der Waals surface area contributed by atoms with Crippen LogP contribution in [0, 0.1) is 0 Å². The van der Waals surface area contributed by atoms with Crippen LogP contribution in [0.1, 0.15) is 39.5 Å². The quantitative estimate of drug-likeness (QED) is 0.625. The molecule has 14 heavy (non-hydrogen) atoms. The third-order valence-corrected chi connectivity index (χ3v) is 2.43. The van der Waals surface area contributed by atoms with Gasteiger partial charge in [0, 0.05) is 13.1 Å². The second-order valence-electron chi connectivity index (χ2n) is 3.33. The minimum absolute atomic E-state index is 0.157. The summed E-state index contributed by atoms with van der Waals surface area (Å²) in [6.45, 7) is 5.74. The molecule has 0 atom stereocenters. The van der Waals surface area contributed by atoms with Crippen molar-refractivity contribution >= 4 is 29.1 Å². The van der Waals surface area contributed by atoms with Crippen molar-refractivity contribution in [3.63, 3.8) is 0 Å². The summed E-state index contributed by atoms with van der Waals surface area (Å²) < 4.78 is 0. The van der Waals surface area contributed by atoms with Crippen LogP contribution in [0.5, 0.6) is 0 Å². The van der Waals surface area contributed by atoms with Gasteiger partial charge >= 0.3 is 0 Å². The van der Waals surface area contributed by atoms with E-state index in [-0.39, 0.29) is 5.91 Å². The normalized spacial score (nSPS) is 10.6. The molecule has 0 aromatic rings. The highest BCUT2D eigenvalue weighted by atomic mass is 35.5. The number of rotatable bonds is 7. The average Bonchev–Trinajstić information content (AvgIpc) is 2.17. The molecule has 0 aliphatic heterocycles. The van der Waals surface area contributed by atoms with Crippen molar-refractivity contribution in [2.24, 2.45) is 0 Å². The number of carbonyl (C=O) groups excluding carboxylic acids is 1. The lowest BCUT2D eigenvalue weighted by atomic mass is 10.2. The number of halogens is 2. The molecule has 0 N–H and O–H groups in total. The minimum atomic E-state index is -0.913. The summed E-state index contributed by atoms with van der Waals surface area (Å²) in [5.41, 5.74) is 0. The lowest BCUT2D eigenvalue weighted by molar-refractivity contribution is -0.129. The highest BCUT2D eigenvalue weighted by Crippen LogP contribution is 2.09. The molecule has 0 heterocycles. The van der Waals surface area contributed by atoms with Gasteiger partial charge in [0.25, 0.3) is 5.91 Å². The van der Waals surface area contributed by atoms with Gasteiger partial charge in [-0.1, -0.05) is 49.9 Å². The monoisotopic (exact) mass is 239 g/mol. The average molecular weight is 240 g/mol. The number of hydrogen-bond acceptors (Lipinski definition) is 1. The summed E-state index contributed by atoms with van der Waals surface area (Å²) in [7, 11) is 0. The Labute approximate surface area is 96.6 Å². The Morgan fingerprint density at radius 2 is 1.57 bits per heavy atom. The van der Waals surface area contributed by atoms with E-state index in [1.165, 1.54) is 0 Å². The van der Waals surface area contributed by atoms with Gasteiger partial charge in [0.2, 0.25) is 0 Å². The standard InChI is InChI=1S/C10H19Cl2NO/c1-3-5-7-13(8-6-4-2)10(14)9(11)12/h9H,3-8H2,1-2H3. The number of alkyl halides is 2. The zero-order valence-corrected chi connectivity index (χ0v) is 10.4. The Kier molecular flexibility index (Phi) is 8.40. The van der Waals surface area contributed by atoms with Gasteiger partial charge in [0.05, 0.1) is 0 Å². The van der Waals surface area contributed by atoms with Gasteiger partial charge in [0.1, 0.15) is 0 Å². The fourth-order valence-electron chi connectivity index (χ4n) is 1.17. The molecule has 0 rings (SSSR count). The lowest BCUT2D eigenvalue weighted by Gasteiger charge is -2.22. The molecular formula is C10H19Cl2NO. The van der Waals surface area contributed by atoms with Crippen LogP contribution in [0.3, 0.4) is 0 Å². The van der Waals surface area contributed by atoms with E-state index in [0.717, 1.165) is 38.8 Å². The molecule has 84 valence electrons. The molecule has 0 spiro atoms. The molecule has 4 heteroatoms. The van der Waals surface area contributed by atoms with Crippen molar-refractivity contribution in [3.05, 3.63) is 0 Å². The lowest BCUT2D eigenvalue weighted by Crippen LogP contribution is -2.36. The summed E-state index contributed by atoms with van der Waals surface area (Å²) in [6.07, 6.45) is 4.17. The van der Waals surface area contributed by atoms with Gasteiger partial charge < -0.3 is 4.90 Å². The maximum atomic E-state index is 11.5. The molecule has 0 bridgehead atoms. The van der Waals surface area contributed by atoms with Crippen LogP contribution in [-0.4, -0.2) is 28.7 Å². The second-order valence-corrected chi connectivity index (χ2v) is 4.43. The van der Waals surface area contributed by atoms with Crippen LogP contribution < -0.4 is 0 Å². The van der Waals surface area contributed by atoms with Crippen molar-refractivity contribution < 1.29 is 4.79 Å². The fourth-order valence-corrected chi connectivity index (χ4v) is 1.44. The zero-order valence-electron chi connectivity index (χ0n) is 8.93. The molecule has 0 aromatic carbocycles. The van der Waals surface area contributed by atoms with Crippen LogP contribution in [0.4, 0.5) is 0 Å². The topological polar surface area (TPSA) is 20.3 Å². The van der Waals surface area contributed by atoms with Gasteiger partial charge in [-0.25, -0.2) is 0 Å². The number of carbonyl (C=O) groups is 1. The maximum Gasteiger partial charge on any atom is 0.255 e. The van der Waals surface area contributed by atoms with Crippen LogP contribution in [0.25, 0.3) is 0 Å². The molecule has 0 saturated heterocycles. The molecule has 0 fully saturated rings. The SMILES string of the molecule is CCCCN(CCCC)C(=O)C(Cl)Cl. The first-order valence-corrected chi connectivity index (χ1v) is 6.07. The summed E-state index contributed by atoms with van der Waals surface area (Å²) in [6, 6.07) is 0. The Bertz CT molecular complexity index is 154. The van der Waals surface area contributed by atoms with Crippen LogP contribution in [0.15, 0.2) is 0 Å². The largest absolute Gasteiger partial charge is 0.340 e. The minimum Gasteiger partial charge on any atom is -0.340 e. The van der Waals surface area contributed by atoms with E-state index in [9.17, 15) is 4.79 Å². The first-order valence-electron chi connectivity index (χ1n) is 5.20. The predicted molar refractivity (Wildman–Crippen MR) is 61.9 cm³/mol. The van der Waals surface area contributed by atoms with Gasteiger partial charge in [0.15, 0.2) is 4.84 Å². The molecule has 1 amide bonds. The van der Waals surface area contributed by atoms with Crippen molar-refractivity contribution in [1.82, 2.24) is 4.90 Å². The number of hydrogen-bond donors (Lipinski definition) is 0. The van der Waals surface area contributed by atoms with E-state index in [0.29, 0.717) is 0 Å². The van der Waals surface area contributed by atoms with Gasteiger partial charge in [-0.15, -0.1) is 0 Å². The number of unbranched alkanes of at least 4 members (excludes halogenated alkanes) is 2. The highest BCUT2D eigenvalue weighted by molar-refractivity contribution is 6.53. The summed E-state index contributed by atoms with van der Waals surface area (Å²) in [4.78, 5) is 12.4. The van der Waals surface area contributed by atoms with Crippen molar-refractivity contribution in [3.8, 4) is 0 Å². The third kappa shape index (κ3) is 5.71. The highest BCUT2D eigenvalue weighted by Gasteiger charge is 2.18. The molecule has 2 nitrogen and oxygen atoms in total. The smallest absolute Gasteiger partial charge is 0.255 e. The van der Waals surface area contributed by atoms with Crippen molar-refractivity contribution in [2.75, 3.05) is 13.1 Å². The molecular weight excluding hydrogens is 221 g/mol. The molecule has 0 radical (unpaired) electrons. The van der Waals surface area contributed by atoms with E-state index >= 15 is 0 Å². The molecule has 0 unspecified atom stereocenters. The van der Waals surface area contributed by atoms with Crippen LogP contribution in [-0.2, 0) is 4.79 Å². The first-order chi connectivity index (χ1) is 6.63. The molecule has 0 aliphatic carbocycles. The van der Waals surface area contributed by atoms with Gasteiger partial charge in [-0.2, -0.15) is 0 Å². The van der Waals surface area contributed by atoms with E-state index in [1.54, 1.807) is 4.90 Å². The maximum absolute atomic E-state index is 11.5. The van der Waals surface area contributed by atoms with Gasteiger partial charge in [-0.3, -0.25) is 4.79 Å². The Hall–Kier alpha value is 0.0500. The molecule has 0 aliphatic rings. The second kappa shape index (κ2) is 8.37. The Morgan fingerprint density at radius 3 is 1.86 bits per heavy atom. The Morgan fingerprint density at radius 1 is 1.14 bits per heavy atom. The van der Waals surface area contributed by atoms with Crippen LogP contribution >= 0.6 is 23.2 Å². The summed E-state index contributed by atoms with van der Waals surface area (Å²) in [5.74, 6) is -0.157. The van der Waals surface area contributed by atoms with E-state index in [2.05, 4.69) is 13.8 Å². The Balaban J connectivity index is 4.01. The van der Waals surface area contributed by atoms with Crippen LogP contribution in [0.2, 0.25) is 0 Å². The fraction of sp³-hybridized carbons (Fsp3) is 0.900. The van der Waals surface area contributed by atoms with Crippen molar-refractivity contribution in [2.45, 2.75) is 44.4 Å². The van der Waals surface area contributed by atoms with Gasteiger partial charge in [-0.05, 0) is 12.8 Å².